The van der Waals surface area contributed by atoms with Crippen LogP contribution in [0.15, 0.2) is 10.9 Å². The summed E-state index contributed by atoms with van der Waals surface area (Å²) in [6.45, 7) is 0.245. The van der Waals surface area contributed by atoms with Crippen LogP contribution >= 0.6 is 0 Å². The van der Waals surface area contributed by atoms with Gasteiger partial charge >= 0.3 is 12.0 Å². The van der Waals surface area contributed by atoms with Crippen molar-refractivity contribution in [3.05, 3.63) is 12.2 Å². The Hall–Kier alpha value is -2.12. The van der Waals surface area contributed by atoms with Crippen LogP contribution in [0.2, 0.25) is 0 Å². The van der Waals surface area contributed by atoms with Gasteiger partial charge in [-0.05, 0) is 0 Å². The summed E-state index contributed by atoms with van der Waals surface area (Å²) in [5.74, 6) is -0.713. The maximum Gasteiger partial charge on any atom is 0.328 e. The first-order chi connectivity index (χ1) is 7.16. The number of urea groups is 1. The Kier molecular flexibility index (Phi) is 2.24. The first-order valence-corrected chi connectivity index (χ1v) is 4.20. The van der Waals surface area contributed by atoms with Gasteiger partial charge in [0.05, 0.1) is 13.1 Å². The first kappa shape index (κ1) is 9.44. The molecule has 1 unspecified atom stereocenters. The molecule has 1 aromatic rings. The van der Waals surface area contributed by atoms with Crippen LogP contribution in [-0.4, -0.2) is 44.7 Å². The minimum absolute atomic E-state index is 0.0999. The summed E-state index contributed by atoms with van der Waals surface area (Å²) in [6.07, 6.45) is 1.15. The van der Waals surface area contributed by atoms with Gasteiger partial charge in [0.15, 0.2) is 5.82 Å². The summed E-state index contributed by atoms with van der Waals surface area (Å²) >= 11 is 0. The summed E-state index contributed by atoms with van der Waals surface area (Å²) in [5.41, 5.74) is 0. The molecule has 15 heavy (non-hydrogen) atoms. The molecule has 1 atom stereocenters. The maximum atomic E-state index is 11.3. The minimum Gasteiger partial charge on any atom is -0.480 e. The van der Waals surface area contributed by atoms with Gasteiger partial charge in [-0.15, -0.1) is 0 Å². The molecular formula is C7H8N4O4. The van der Waals surface area contributed by atoms with Crippen LogP contribution in [0.25, 0.3) is 0 Å². The topological polar surface area (TPSA) is 109 Å². The summed E-state index contributed by atoms with van der Waals surface area (Å²) in [4.78, 5) is 26.9. The number of carboxylic acid groups (broad SMARTS) is 1. The Morgan fingerprint density at radius 3 is 3.13 bits per heavy atom. The number of aliphatic carboxylic acids is 1. The van der Waals surface area contributed by atoms with Gasteiger partial charge in [0.1, 0.15) is 6.04 Å². The molecule has 8 nitrogen and oxygen atoms in total. The number of hydrogen-bond acceptors (Lipinski definition) is 5. The van der Waals surface area contributed by atoms with Crippen molar-refractivity contribution in [3.63, 3.8) is 0 Å². The minimum atomic E-state index is -1.06. The number of aromatic nitrogens is 2. The van der Waals surface area contributed by atoms with Crippen molar-refractivity contribution in [2.45, 2.75) is 12.6 Å². The van der Waals surface area contributed by atoms with Crippen molar-refractivity contribution in [1.29, 1.82) is 0 Å². The maximum absolute atomic E-state index is 11.3. The van der Waals surface area contributed by atoms with E-state index in [9.17, 15) is 9.59 Å². The number of amides is 2. The van der Waals surface area contributed by atoms with Crippen molar-refractivity contribution in [1.82, 2.24) is 20.4 Å². The first-order valence-electron chi connectivity index (χ1n) is 4.20. The lowest BCUT2D eigenvalue weighted by Crippen LogP contribution is -2.33. The Morgan fingerprint density at radius 2 is 2.60 bits per heavy atom. The molecule has 1 aliphatic heterocycles. The lowest BCUT2D eigenvalue weighted by molar-refractivity contribution is -0.138. The lowest BCUT2D eigenvalue weighted by Gasteiger charge is -2.10. The van der Waals surface area contributed by atoms with Gasteiger partial charge in [0, 0.05) is 0 Å². The van der Waals surface area contributed by atoms with Crippen LogP contribution in [0.1, 0.15) is 5.82 Å². The number of carbonyl (C=O) groups excluding carboxylic acids is 1. The van der Waals surface area contributed by atoms with Gasteiger partial charge in [-0.25, -0.2) is 9.59 Å². The van der Waals surface area contributed by atoms with Crippen LogP contribution < -0.4 is 5.32 Å². The predicted molar refractivity (Wildman–Crippen MR) is 44.7 cm³/mol. The van der Waals surface area contributed by atoms with E-state index in [1.54, 1.807) is 0 Å². The predicted octanol–water partition coefficient (Wildman–Crippen LogP) is -0.952. The molecule has 0 aliphatic carbocycles. The van der Waals surface area contributed by atoms with Gasteiger partial charge in [0.2, 0.25) is 6.39 Å². The van der Waals surface area contributed by atoms with E-state index in [0.29, 0.717) is 5.82 Å². The summed E-state index contributed by atoms with van der Waals surface area (Å²) in [6, 6.07) is -1.31. The zero-order chi connectivity index (χ0) is 10.8. The SMILES string of the molecule is O=C(O)C1CN(Cc2ncon2)C(=O)N1. The molecule has 0 spiro atoms. The van der Waals surface area contributed by atoms with Crippen LogP contribution in [-0.2, 0) is 11.3 Å². The van der Waals surface area contributed by atoms with Crippen LogP contribution in [0.3, 0.4) is 0 Å². The van der Waals surface area contributed by atoms with Crippen molar-refractivity contribution < 1.29 is 19.2 Å². The Labute approximate surface area is 83.9 Å². The number of hydrogen-bond donors (Lipinski definition) is 2. The largest absolute Gasteiger partial charge is 0.480 e. The molecule has 1 saturated heterocycles. The number of nitrogens with one attached hydrogen (secondary N) is 1. The van der Waals surface area contributed by atoms with Gasteiger partial charge in [-0.2, -0.15) is 4.98 Å². The molecule has 1 fully saturated rings. The van der Waals surface area contributed by atoms with E-state index in [-0.39, 0.29) is 13.1 Å². The molecule has 0 bridgehead atoms. The lowest BCUT2D eigenvalue weighted by atomic mass is 10.3. The molecule has 1 aromatic heterocycles. The zero-order valence-corrected chi connectivity index (χ0v) is 7.58. The third-order valence-electron chi connectivity index (χ3n) is 2.03. The van der Waals surface area contributed by atoms with Gasteiger partial charge in [-0.1, -0.05) is 5.16 Å². The van der Waals surface area contributed by atoms with Crippen molar-refractivity contribution >= 4 is 12.0 Å². The summed E-state index contributed by atoms with van der Waals surface area (Å²) in [7, 11) is 0. The van der Waals surface area contributed by atoms with Gasteiger partial charge in [-0.3, -0.25) is 0 Å². The van der Waals surface area contributed by atoms with E-state index in [1.807, 2.05) is 0 Å². The molecule has 2 heterocycles. The van der Waals surface area contributed by atoms with E-state index >= 15 is 0 Å². The molecule has 2 amide bonds. The third-order valence-corrected chi connectivity index (χ3v) is 2.03. The van der Waals surface area contributed by atoms with Crippen molar-refractivity contribution in [2.24, 2.45) is 0 Å². The van der Waals surface area contributed by atoms with Gasteiger partial charge < -0.3 is 19.8 Å². The normalized spacial score (nSPS) is 20.4. The monoisotopic (exact) mass is 212 g/mol. The van der Waals surface area contributed by atoms with Crippen LogP contribution in [0.4, 0.5) is 4.79 Å². The summed E-state index contributed by atoms with van der Waals surface area (Å²) in [5, 5.41) is 14.5. The standard InChI is InChI=1S/C7H8N4O4/c12-6(13)4-1-11(7(14)9-4)2-5-8-3-15-10-5/h3-4H,1-2H2,(H,9,14)(H,12,13). The van der Waals surface area contributed by atoms with Crippen LogP contribution in [0.5, 0.6) is 0 Å². The second-order valence-electron chi connectivity index (χ2n) is 3.07. The van der Waals surface area contributed by atoms with E-state index < -0.39 is 18.0 Å². The fourth-order valence-electron chi connectivity index (χ4n) is 1.30. The molecular weight excluding hydrogens is 204 g/mol. The van der Waals surface area contributed by atoms with Crippen LogP contribution in [0, 0.1) is 0 Å². The highest BCUT2D eigenvalue weighted by Gasteiger charge is 2.33. The van der Waals surface area contributed by atoms with Crippen molar-refractivity contribution in [3.8, 4) is 0 Å². The number of rotatable bonds is 3. The molecule has 0 saturated carbocycles. The second-order valence-corrected chi connectivity index (χ2v) is 3.07. The average Bonchev–Trinajstić information content (AvgIpc) is 2.77. The Morgan fingerprint density at radius 1 is 1.80 bits per heavy atom. The molecule has 2 N–H and O–H groups in total. The number of carbonyl (C=O) groups is 2. The van der Waals surface area contributed by atoms with E-state index in [0.717, 1.165) is 6.39 Å². The number of carboxylic acids is 1. The molecule has 80 valence electrons. The van der Waals surface area contributed by atoms with E-state index in [1.165, 1.54) is 4.90 Å². The molecule has 0 radical (unpaired) electrons. The highest BCUT2D eigenvalue weighted by Crippen LogP contribution is 2.07. The molecule has 2 rings (SSSR count). The zero-order valence-electron chi connectivity index (χ0n) is 7.58. The fourth-order valence-corrected chi connectivity index (χ4v) is 1.30. The second kappa shape index (κ2) is 3.56. The fraction of sp³-hybridized carbons (Fsp3) is 0.429. The smallest absolute Gasteiger partial charge is 0.328 e. The Balaban J connectivity index is 2.00. The quantitative estimate of drug-likeness (QED) is 0.668. The summed E-state index contributed by atoms with van der Waals surface area (Å²) < 4.78 is 4.50. The molecule has 0 aromatic carbocycles. The molecule has 8 heteroatoms. The highest BCUT2D eigenvalue weighted by molar-refractivity contribution is 5.86. The molecule has 1 aliphatic rings. The van der Waals surface area contributed by atoms with E-state index in [2.05, 4.69) is 20.0 Å². The van der Waals surface area contributed by atoms with E-state index in [4.69, 9.17) is 5.11 Å². The average molecular weight is 212 g/mol. The van der Waals surface area contributed by atoms with Crippen molar-refractivity contribution in [2.75, 3.05) is 6.54 Å². The van der Waals surface area contributed by atoms with Gasteiger partial charge in [0.25, 0.3) is 0 Å². The Bertz CT molecular complexity index is 376. The third kappa shape index (κ3) is 1.87. The number of nitrogens with zero attached hydrogens (tertiary/aromatic N) is 3. The highest BCUT2D eigenvalue weighted by atomic mass is 16.5.